The van der Waals surface area contributed by atoms with Crippen LogP contribution in [0, 0.1) is 6.92 Å². The van der Waals surface area contributed by atoms with Crippen LogP contribution in [0.3, 0.4) is 0 Å². The fourth-order valence-electron chi connectivity index (χ4n) is 2.02. The van der Waals surface area contributed by atoms with E-state index in [2.05, 4.69) is 20.3 Å². The Bertz CT molecular complexity index is 793. The molecule has 0 saturated heterocycles. The van der Waals surface area contributed by atoms with Crippen molar-refractivity contribution in [2.75, 3.05) is 0 Å². The Hall–Kier alpha value is -2.05. The zero-order valence-electron chi connectivity index (χ0n) is 11.0. The third-order valence-corrected chi connectivity index (χ3v) is 3.75. The van der Waals surface area contributed by atoms with Crippen molar-refractivity contribution in [3.8, 4) is 0 Å². The average Bonchev–Trinajstić information content (AvgIpc) is 2.85. The summed E-state index contributed by atoms with van der Waals surface area (Å²) in [5, 5.41) is 6.93. The zero-order chi connectivity index (χ0) is 13.9. The van der Waals surface area contributed by atoms with Crippen LogP contribution < -0.4 is 10.9 Å². The van der Waals surface area contributed by atoms with Gasteiger partial charge in [-0.1, -0.05) is 12.1 Å². The van der Waals surface area contributed by atoms with Crippen LogP contribution in [-0.4, -0.2) is 15.0 Å². The van der Waals surface area contributed by atoms with Crippen LogP contribution in [0.2, 0.25) is 0 Å². The Kier molecular flexibility index (Phi) is 3.58. The molecule has 102 valence electrons. The molecule has 3 aromatic rings. The summed E-state index contributed by atoms with van der Waals surface area (Å²) in [5.74, 6) is 0.639. The van der Waals surface area contributed by atoms with Crippen molar-refractivity contribution in [3.63, 3.8) is 0 Å². The van der Waals surface area contributed by atoms with E-state index in [4.69, 9.17) is 0 Å². The summed E-state index contributed by atoms with van der Waals surface area (Å²) in [6, 6.07) is 7.33. The van der Waals surface area contributed by atoms with Crippen molar-refractivity contribution in [1.29, 1.82) is 0 Å². The van der Waals surface area contributed by atoms with Gasteiger partial charge < -0.3 is 10.3 Å². The number of aromatic nitrogens is 3. The van der Waals surface area contributed by atoms with Crippen molar-refractivity contribution in [1.82, 2.24) is 20.3 Å². The van der Waals surface area contributed by atoms with Crippen molar-refractivity contribution < 1.29 is 0 Å². The summed E-state index contributed by atoms with van der Waals surface area (Å²) >= 11 is 1.63. The number of H-pyrrole nitrogens is 1. The molecule has 0 aliphatic carbocycles. The van der Waals surface area contributed by atoms with E-state index in [1.807, 2.05) is 30.5 Å². The van der Waals surface area contributed by atoms with Gasteiger partial charge in [-0.05, 0) is 19.1 Å². The minimum absolute atomic E-state index is 0.100. The lowest BCUT2D eigenvalue weighted by Crippen LogP contribution is -2.19. The molecule has 1 aromatic carbocycles. The SMILES string of the molecule is Cc1nc(CNCc2nc3ccccc3c(=O)[nH]2)cs1. The molecule has 5 nitrogen and oxygen atoms in total. The van der Waals surface area contributed by atoms with E-state index < -0.39 is 0 Å². The molecule has 0 spiro atoms. The van der Waals surface area contributed by atoms with Gasteiger partial charge in [0.05, 0.1) is 28.1 Å². The van der Waals surface area contributed by atoms with Gasteiger partial charge >= 0.3 is 0 Å². The highest BCUT2D eigenvalue weighted by molar-refractivity contribution is 7.09. The molecule has 0 radical (unpaired) electrons. The Morgan fingerprint density at radius 2 is 2.10 bits per heavy atom. The Labute approximate surface area is 119 Å². The maximum Gasteiger partial charge on any atom is 0.258 e. The third-order valence-electron chi connectivity index (χ3n) is 2.93. The number of fused-ring (bicyclic) bond motifs is 1. The lowest BCUT2D eigenvalue weighted by atomic mass is 10.2. The second kappa shape index (κ2) is 5.52. The third kappa shape index (κ3) is 2.76. The zero-order valence-corrected chi connectivity index (χ0v) is 11.8. The summed E-state index contributed by atoms with van der Waals surface area (Å²) in [4.78, 5) is 23.5. The standard InChI is InChI=1S/C14H14N4OS/c1-9-16-10(8-20-9)6-15-7-13-17-12-5-3-2-4-11(12)14(19)18-13/h2-5,8,15H,6-7H2,1H3,(H,17,18,19). The van der Waals surface area contributed by atoms with Crippen molar-refractivity contribution >= 4 is 22.2 Å². The normalized spacial score (nSPS) is 11.1. The molecule has 0 saturated carbocycles. The molecule has 0 fully saturated rings. The lowest BCUT2D eigenvalue weighted by molar-refractivity contribution is 0.654. The predicted molar refractivity (Wildman–Crippen MR) is 79.8 cm³/mol. The average molecular weight is 286 g/mol. The number of thiazole rings is 1. The van der Waals surface area contributed by atoms with Crippen LogP contribution in [-0.2, 0) is 13.1 Å². The van der Waals surface area contributed by atoms with Crippen LogP contribution in [0.15, 0.2) is 34.4 Å². The molecule has 0 amide bonds. The number of aryl methyl sites for hydroxylation is 1. The monoisotopic (exact) mass is 286 g/mol. The van der Waals surface area contributed by atoms with Crippen molar-refractivity contribution in [2.45, 2.75) is 20.0 Å². The van der Waals surface area contributed by atoms with E-state index in [0.717, 1.165) is 16.2 Å². The van der Waals surface area contributed by atoms with Crippen molar-refractivity contribution in [2.24, 2.45) is 0 Å². The fraction of sp³-hybridized carbons (Fsp3) is 0.214. The van der Waals surface area contributed by atoms with E-state index >= 15 is 0 Å². The van der Waals surface area contributed by atoms with E-state index in [1.165, 1.54) is 0 Å². The highest BCUT2D eigenvalue weighted by Crippen LogP contribution is 2.08. The first-order valence-electron chi connectivity index (χ1n) is 6.32. The van der Waals surface area contributed by atoms with Crippen LogP contribution >= 0.6 is 11.3 Å². The molecule has 2 N–H and O–H groups in total. The van der Waals surface area contributed by atoms with Crippen LogP contribution in [0.25, 0.3) is 10.9 Å². The van der Waals surface area contributed by atoms with Gasteiger partial charge in [-0.2, -0.15) is 0 Å². The van der Waals surface area contributed by atoms with Crippen LogP contribution in [0.4, 0.5) is 0 Å². The fourth-order valence-corrected chi connectivity index (χ4v) is 2.63. The molecule has 0 aliphatic heterocycles. The van der Waals surface area contributed by atoms with Crippen LogP contribution in [0.5, 0.6) is 0 Å². The number of hydrogen-bond donors (Lipinski definition) is 2. The van der Waals surface area contributed by atoms with Gasteiger partial charge in [-0.3, -0.25) is 4.79 Å². The minimum atomic E-state index is -0.100. The summed E-state index contributed by atoms with van der Waals surface area (Å²) in [6.07, 6.45) is 0. The molecule has 0 aliphatic rings. The van der Waals surface area contributed by atoms with E-state index in [1.54, 1.807) is 17.4 Å². The summed E-state index contributed by atoms with van der Waals surface area (Å²) in [5.41, 5.74) is 1.63. The molecule has 2 aromatic heterocycles. The van der Waals surface area contributed by atoms with Gasteiger partial charge in [0.25, 0.3) is 5.56 Å². The number of benzene rings is 1. The largest absolute Gasteiger partial charge is 0.309 e. The number of aromatic amines is 1. The second-order valence-corrected chi connectivity index (χ2v) is 5.55. The minimum Gasteiger partial charge on any atom is -0.309 e. The number of nitrogens with zero attached hydrogens (tertiary/aromatic N) is 2. The van der Waals surface area contributed by atoms with E-state index in [0.29, 0.717) is 24.3 Å². The molecule has 3 rings (SSSR count). The molecule has 0 atom stereocenters. The topological polar surface area (TPSA) is 70.7 Å². The van der Waals surface area contributed by atoms with Gasteiger partial charge in [0, 0.05) is 11.9 Å². The quantitative estimate of drug-likeness (QED) is 0.769. The molecule has 20 heavy (non-hydrogen) atoms. The van der Waals surface area contributed by atoms with Gasteiger partial charge in [0.1, 0.15) is 5.82 Å². The van der Waals surface area contributed by atoms with Crippen LogP contribution in [0.1, 0.15) is 16.5 Å². The van der Waals surface area contributed by atoms with Gasteiger partial charge in [-0.25, -0.2) is 9.97 Å². The maximum atomic E-state index is 11.9. The van der Waals surface area contributed by atoms with Crippen molar-refractivity contribution in [3.05, 3.63) is 56.5 Å². The van der Waals surface area contributed by atoms with E-state index in [9.17, 15) is 4.79 Å². The highest BCUT2D eigenvalue weighted by Gasteiger charge is 2.03. The molecule has 6 heteroatoms. The molecule has 2 heterocycles. The number of para-hydroxylation sites is 1. The maximum absolute atomic E-state index is 11.9. The Balaban J connectivity index is 1.73. The highest BCUT2D eigenvalue weighted by atomic mass is 32.1. The summed E-state index contributed by atoms with van der Waals surface area (Å²) in [6.45, 7) is 3.16. The number of nitrogens with one attached hydrogen (secondary N) is 2. The summed E-state index contributed by atoms with van der Waals surface area (Å²) in [7, 11) is 0. The van der Waals surface area contributed by atoms with Gasteiger partial charge in [0.2, 0.25) is 0 Å². The number of hydrogen-bond acceptors (Lipinski definition) is 5. The number of rotatable bonds is 4. The first kappa shape index (κ1) is 13.0. The lowest BCUT2D eigenvalue weighted by Gasteiger charge is -2.04. The van der Waals surface area contributed by atoms with E-state index in [-0.39, 0.29) is 5.56 Å². The molecular weight excluding hydrogens is 272 g/mol. The van der Waals surface area contributed by atoms with Gasteiger partial charge in [0.15, 0.2) is 0 Å². The Morgan fingerprint density at radius 1 is 1.25 bits per heavy atom. The Morgan fingerprint density at radius 3 is 2.90 bits per heavy atom. The molecule has 0 bridgehead atoms. The van der Waals surface area contributed by atoms with Gasteiger partial charge in [-0.15, -0.1) is 11.3 Å². The predicted octanol–water partition coefficient (Wildman–Crippen LogP) is 1.98. The smallest absolute Gasteiger partial charge is 0.258 e. The summed E-state index contributed by atoms with van der Waals surface area (Å²) < 4.78 is 0. The molecule has 0 unspecified atom stereocenters. The first-order valence-corrected chi connectivity index (χ1v) is 7.20. The first-order chi connectivity index (χ1) is 9.72. The molecular formula is C14H14N4OS. The second-order valence-electron chi connectivity index (χ2n) is 4.49.